The molecule has 0 aliphatic rings. The van der Waals surface area contributed by atoms with E-state index in [0.29, 0.717) is 0 Å². The summed E-state index contributed by atoms with van der Waals surface area (Å²) in [5.74, 6) is -0.119. The maximum absolute atomic E-state index is 11.0. The van der Waals surface area contributed by atoms with Gasteiger partial charge in [-0.05, 0) is 0 Å². The average Bonchev–Trinajstić information content (AvgIpc) is 2.59. The van der Waals surface area contributed by atoms with Crippen molar-refractivity contribution in [2.75, 3.05) is 7.05 Å². The van der Waals surface area contributed by atoms with Gasteiger partial charge in [-0.15, -0.1) is 0 Å². The van der Waals surface area contributed by atoms with Crippen LogP contribution < -0.4 is 0 Å². The zero-order chi connectivity index (χ0) is 11.4. The number of amides is 1. The van der Waals surface area contributed by atoms with Crippen molar-refractivity contribution in [1.29, 1.82) is 10.5 Å². The third kappa shape index (κ3) is 2.12. The zero-order valence-electron chi connectivity index (χ0n) is 8.43. The molecule has 6 heteroatoms. The summed E-state index contributed by atoms with van der Waals surface area (Å²) in [6.07, 6.45) is 1.37. The van der Waals surface area contributed by atoms with E-state index in [2.05, 4.69) is 4.98 Å². The number of hydrogen-bond acceptors (Lipinski definition) is 4. The van der Waals surface area contributed by atoms with E-state index in [1.54, 1.807) is 7.05 Å². The summed E-state index contributed by atoms with van der Waals surface area (Å²) in [4.78, 5) is 16.1. The third-order valence-corrected chi connectivity index (χ3v) is 1.95. The predicted molar refractivity (Wildman–Crippen MR) is 50.1 cm³/mol. The first kappa shape index (κ1) is 10.7. The summed E-state index contributed by atoms with van der Waals surface area (Å²) in [6.45, 7) is 1.64. The van der Waals surface area contributed by atoms with Gasteiger partial charge < -0.3 is 9.47 Å². The number of carbonyl (C=O) groups excluding carboxylic acids is 1. The van der Waals surface area contributed by atoms with E-state index < -0.39 is 0 Å². The van der Waals surface area contributed by atoms with E-state index in [1.807, 2.05) is 12.1 Å². The van der Waals surface area contributed by atoms with Crippen LogP contribution in [0.25, 0.3) is 0 Å². The average molecular weight is 203 g/mol. The zero-order valence-corrected chi connectivity index (χ0v) is 8.43. The second-order valence-electron chi connectivity index (χ2n) is 2.99. The van der Waals surface area contributed by atoms with E-state index in [-0.39, 0.29) is 24.0 Å². The normalized spacial score (nSPS) is 9.07. The largest absolute Gasteiger partial charge is 0.328 e. The summed E-state index contributed by atoms with van der Waals surface area (Å²) in [5.41, 5.74) is 0.250. The standard InChI is InChI=1S/C9H9N5O/c1-7(15)13(2)6-14-5-12-8(3-10)9(14)4-11/h5H,6H2,1-2H3. The van der Waals surface area contributed by atoms with E-state index in [9.17, 15) is 4.79 Å². The lowest BCUT2D eigenvalue weighted by molar-refractivity contribution is -0.129. The predicted octanol–water partition coefficient (Wildman–Crippen LogP) is 0.0623. The minimum atomic E-state index is -0.119. The highest BCUT2D eigenvalue weighted by Gasteiger charge is 2.11. The first-order valence-corrected chi connectivity index (χ1v) is 4.17. The molecule has 1 aromatic heterocycles. The Labute approximate surface area is 87.0 Å². The number of hydrogen-bond donors (Lipinski definition) is 0. The van der Waals surface area contributed by atoms with Gasteiger partial charge in [-0.1, -0.05) is 0 Å². The molecular formula is C9H9N5O. The fourth-order valence-corrected chi connectivity index (χ4v) is 1.02. The molecule has 0 spiro atoms. The number of rotatable bonds is 2. The molecule has 1 rings (SSSR count). The molecule has 0 bridgehead atoms. The van der Waals surface area contributed by atoms with Crippen LogP contribution in [0.15, 0.2) is 6.33 Å². The molecule has 0 saturated carbocycles. The molecular weight excluding hydrogens is 194 g/mol. The van der Waals surface area contributed by atoms with Gasteiger partial charge in [-0.25, -0.2) is 4.98 Å². The number of aromatic nitrogens is 2. The number of nitriles is 2. The molecule has 0 aromatic carbocycles. The molecule has 0 radical (unpaired) electrons. The smallest absolute Gasteiger partial charge is 0.220 e. The Bertz CT molecular complexity index is 462. The lowest BCUT2D eigenvalue weighted by Crippen LogP contribution is -2.26. The summed E-state index contributed by atoms with van der Waals surface area (Å²) in [5, 5.41) is 17.5. The molecule has 1 amide bonds. The van der Waals surface area contributed by atoms with Gasteiger partial charge in [-0.3, -0.25) is 4.79 Å². The SMILES string of the molecule is CC(=O)N(C)Cn1cnc(C#N)c1C#N. The summed E-state index contributed by atoms with van der Waals surface area (Å²) < 4.78 is 1.46. The van der Waals surface area contributed by atoms with E-state index in [0.717, 1.165) is 0 Å². The topological polar surface area (TPSA) is 85.7 Å². The maximum Gasteiger partial charge on any atom is 0.220 e. The quantitative estimate of drug-likeness (QED) is 0.680. The molecule has 0 aliphatic heterocycles. The molecule has 0 unspecified atom stereocenters. The fraction of sp³-hybridized carbons (Fsp3) is 0.333. The monoisotopic (exact) mass is 203 g/mol. The minimum absolute atomic E-state index is 0.0782. The van der Waals surface area contributed by atoms with E-state index in [4.69, 9.17) is 10.5 Å². The van der Waals surface area contributed by atoms with Gasteiger partial charge in [0.15, 0.2) is 11.4 Å². The summed E-state index contributed by atoms with van der Waals surface area (Å²) in [6, 6.07) is 3.69. The summed E-state index contributed by atoms with van der Waals surface area (Å²) >= 11 is 0. The van der Waals surface area contributed by atoms with Crippen LogP contribution in [-0.2, 0) is 11.5 Å². The Morgan fingerprint density at radius 2 is 2.27 bits per heavy atom. The number of imidazole rings is 1. The fourth-order valence-electron chi connectivity index (χ4n) is 1.02. The van der Waals surface area contributed by atoms with Gasteiger partial charge in [0.1, 0.15) is 12.1 Å². The Kier molecular flexibility index (Phi) is 3.04. The van der Waals surface area contributed by atoms with Crippen molar-refractivity contribution < 1.29 is 4.79 Å². The maximum atomic E-state index is 11.0. The van der Waals surface area contributed by atoms with Gasteiger partial charge in [-0.2, -0.15) is 10.5 Å². The van der Waals surface area contributed by atoms with Crippen LogP contribution in [0.1, 0.15) is 18.3 Å². The van der Waals surface area contributed by atoms with Gasteiger partial charge in [0.2, 0.25) is 5.91 Å². The highest BCUT2D eigenvalue weighted by atomic mass is 16.2. The van der Waals surface area contributed by atoms with Crippen LogP contribution in [-0.4, -0.2) is 27.4 Å². The molecule has 0 aliphatic carbocycles. The second-order valence-corrected chi connectivity index (χ2v) is 2.99. The lowest BCUT2D eigenvalue weighted by atomic mass is 10.3. The molecule has 0 saturated heterocycles. The molecule has 1 aromatic rings. The third-order valence-electron chi connectivity index (χ3n) is 1.95. The molecule has 6 nitrogen and oxygen atoms in total. The first-order chi connectivity index (χ1) is 7.10. The number of nitrogens with zero attached hydrogens (tertiary/aromatic N) is 5. The van der Waals surface area contributed by atoms with Crippen molar-refractivity contribution >= 4 is 5.91 Å². The van der Waals surface area contributed by atoms with Crippen molar-refractivity contribution in [3.05, 3.63) is 17.7 Å². The van der Waals surface area contributed by atoms with Crippen molar-refractivity contribution in [3.63, 3.8) is 0 Å². The molecule has 76 valence electrons. The summed E-state index contributed by atoms with van der Waals surface area (Å²) in [7, 11) is 1.61. The van der Waals surface area contributed by atoms with Gasteiger partial charge in [0.05, 0.1) is 13.0 Å². The Balaban J connectivity index is 2.98. The Morgan fingerprint density at radius 3 is 2.73 bits per heavy atom. The first-order valence-electron chi connectivity index (χ1n) is 4.17. The van der Waals surface area contributed by atoms with Crippen LogP contribution in [0.4, 0.5) is 0 Å². The van der Waals surface area contributed by atoms with Gasteiger partial charge in [0, 0.05) is 14.0 Å². The Hall–Kier alpha value is -2.34. The molecule has 0 fully saturated rings. The molecule has 1 heterocycles. The Morgan fingerprint density at radius 1 is 1.60 bits per heavy atom. The van der Waals surface area contributed by atoms with Crippen molar-refractivity contribution in [2.24, 2.45) is 0 Å². The van der Waals surface area contributed by atoms with Gasteiger partial charge in [0.25, 0.3) is 0 Å². The van der Waals surface area contributed by atoms with Crippen molar-refractivity contribution in [2.45, 2.75) is 13.6 Å². The number of carbonyl (C=O) groups is 1. The highest BCUT2D eigenvalue weighted by molar-refractivity contribution is 5.72. The molecule has 15 heavy (non-hydrogen) atoms. The van der Waals surface area contributed by atoms with Crippen LogP contribution >= 0.6 is 0 Å². The van der Waals surface area contributed by atoms with E-state index in [1.165, 1.54) is 22.7 Å². The lowest BCUT2D eigenvalue weighted by Gasteiger charge is -2.15. The van der Waals surface area contributed by atoms with Gasteiger partial charge >= 0.3 is 0 Å². The van der Waals surface area contributed by atoms with Crippen LogP contribution in [0.5, 0.6) is 0 Å². The second kappa shape index (κ2) is 4.25. The minimum Gasteiger partial charge on any atom is -0.328 e. The molecule has 0 atom stereocenters. The molecule has 0 N–H and O–H groups in total. The van der Waals surface area contributed by atoms with Crippen molar-refractivity contribution in [3.8, 4) is 12.1 Å². The van der Waals surface area contributed by atoms with E-state index >= 15 is 0 Å². The highest BCUT2D eigenvalue weighted by Crippen LogP contribution is 2.05. The van der Waals surface area contributed by atoms with Crippen LogP contribution in [0.3, 0.4) is 0 Å². The van der Waals surface area contributed by atoms with Crippen LogP contribution in [0.2, 0.25) is 0 Å². The van der Waals surface area contributed by atoms with Crippen molar-refractivity contribution in [1.82, 2.24) is 14.5 Å². The van der Waals surface area contributed by atoms with Crippen LogP contribution in [0, 0.1) is 22.7 Å².